The number of anilines is 2. The molecule has 3 heterocycles. The number of nitrogens with one attached hydrogen (secondary N) is 1. The number of fused-ring (bicyclic) bond motifs is 1. The molecular formula is C30H31N5O4. The molecule has 4 aromatic rings. The third-order valence-electron chi connectivity index (χ3n) is 7.01. The number of ether oxygens (including phenoxy) is 3. The summed E-state index contributed by atoms with van der Waals surface area (Å²) in [5.41, 5.74) is 5.39. The molecule has 0 unspecified atom stereocenters. The van der Waals surface area contributed by atoms with E-state index in [4.69, 9.17) is 19.2 Å². The van der Waals surface area contributed by atoms with Crippen LogP contribution in [0.15, 0.2) is 54.9 Å². The number of aliphatic hydroxyl groups is 1. The van der Waals surface area contributed by atoms with Crippen molar-refractivity contribution in [2.75, 3.05) is 39.7 Å². The molecule has 2 N–H and O–H groups in total. The van der Waals surface area contributed by atoms with Crippen LogP contribution in [-0.4, -0.2) is 60.5 Å². The van der Waals surface area contributed by atoms with E-state index in [2.05, 4.69) is 27.3 Å². The van der Waals surface area contributed by atoms with E-state index in [-0.39, 0.29) is 6.10 Å². The summed E-state index contributed by atoms with van der Waals surface area (Å²) >= 11 is 0. The van der Waals surface area contributed by atoms with Crippen LogP contribution in [0.4, 0.5) is 11.4 Å². The first-order valence-electron chi connectivity index (χ1n) is 12.8. The lowest BCUT2D eigenvalue weighted by Crippen LogP contribution is -2.35. The van der Waals surface area contributed by atoms with E-state index in [0.717, 1.165) is 60.2 Å². The van der Waals surface area contributed by atoms with Gasteiger partial charge in [-0.15, -0.1) is 0 Å². The summed E-state index contributed by atoms with van der Waals surface area (Å²) < 4.78 is 16.4. The van der Waals surface area contributed by atoms with Crippen molar-refractivity contribution in [3.8, 4) is 34.6 Å². The number of benzene rings is 2. The fraction of sp³-hybridized carbons (Fsp3) is 0.300. The summed E-state index contributed by atoms with van der Waals surface area (Å²) in [4.78, 5) is 11.6. The fourth-order valence-electron chi connectivity index (χ4n) is 4.89. The Kier molecular flexibility index (Phi) is 7.77. The van der Waals surface area contributed by atoms with E-state index in [9.17, 15) is 10.4 Å². The van der Waals surface area contributed by atoms with Gasteiger partial charge in [-0.2, -0.15) is 5.26 Å². The van der Waals surface area contributed by atoms with Crippen molar-refractivity contribution in [3.05, 3.63) is 66.0 Å². The molecule has 9 nitrogen and oxygen atoms in total. The van der Waals surface area contributed by atoms with Gasteiger partial charge in [-0.1, -0.05) is 12.1 Å². The maximum absolute atomic E-state index is 9.80. The van der Waals surface area contributed by atoms with Gasteiger partial charge in [0.15, 0.2) is 11.5 Å². The van der Waals surface area contributed by atoms with E-state index in [0.29, 0.717) is 34.2 Å². The molecule has 0 saturated carbocycles. The van der Waals surface area contributed by atoms with Crippen LogP contribution in [0.3, 0.4) is 0 Å². The lowest BCUT2D eigenvalue weighted by Gasteiger charge is -2.29. The second kappa shape index (κ2) is 11.6. The monoisotopic (exact) mass is 525 g/mol. The van der Waals surface area contributed by atoms with Crippen molar-refractivity contribution in [1.29, 1.82) is 5.26 Å². The summed E-state index contributed by atoms with van der Waals surface area (Å²) in [5, 5.41) is 23.7. The Bertz CT molecular complexity index is 1480. The second-order valence-corrected chi connectivity index (χ2v) is 9.49. The number of aliphatic hydroxyl groups excluding tert-OH is 1. The number of nitriles is 1. The normalized spacial score (nSPS) is 14.1. The summed E-state index contributed by atoms with van der Waals surface area (Å²) in [5.74, 6) is 1.50. The van der Waals surface area contributed by atoms with Crippen molar-refractivity contribution in [3.63, 3.8) is 0 Å². The first-order chi connectivity index (χ1) is 19.0. The third kappa shape index (κ3) is 5.58. The average Bonchev–Trinajstić information content (AvgIpc) is 2.98. The molecule has 1 saturated heterocycles. The predicted molar refractivity (Wildman–Crippen MR) is 150 cm³/mol. The standard InChI is InChI=1S/C30H31N5O4/c1-37-27-13-22(14-28(38-2)30(27)39-3)34-29-21(15-31)17-33-26-12-20(5-6-24(26)29)25-7-4-19(16-32-25)18-35-10-8-23(36)9-11-35/h4-7,12-14,16-17,23,36H,8-11,18H2,1-3H3,(H,33,34). The van der Waals surface area contributed by atoms with Crippen molar-refractivity contribution >= 4 is 22.3 Å². The Morgan fingerprint density at radius 2 is 1.72 bits per heavy atom. The quantitative estimate of drug-likeness (QED) is 0.332. The Hall–Kier alpha value is -4.39. The van der Waals surface area contributed by atoms with E-state index in [1.165, 1.54) is 0 Å². The molecule has 0 aliphatic carbocycles. The molecule has 1 aliphatic rings. The van der Waals surface area contributed by atoms with Gasteiger partial charge in [-0.25, -0.2) is 0 Å². The van der Waals surface area contributed by atoms with Crippen LogP contribution in [0.2, 0.25) is 0 Å². The highest BCUT2D eigenvalue weighted by atomic mass is 16.5. The molecule has 1 fully saturated rings. The van der Waals surface area contributed by atoms with Gasteiger partial charge in [0.1, 0.15) is 6.07 Å². The predicted octanol–water partition coefficient (Wildman–Crippen LogP) is 4.89. The number of nitrogens with zero attached hydrogens (tertiary/aromatic N) is 4. The number of hydrogen-bond donors (Lipinski definition) is 2. The number of likely N-dealkylation sites (tertiary alicyclic amines) is 1. The Morgan fingerprint density at radius 1 is 0.974 bits per heavy atom. The first-order valence-corrected chi connectivity index (χ1v) is 12.8. The molecule has 0 bridgehead atoms. The van der Waals surface area contributed by atoms with Crippen molar-refractivity contribution < 1.29 is 19.3 Å². The van der Waals surface area contributed by atoms with Gasteiger partial charge >= 0.3 is 0 Å². The van der Waals surface area contributed by atoms with Crippen LogP contribution in [0.25, 0.3) is 22.2 Å². The van der Waals surface area contributed by atoms with Gasteiger partial charge in [0.05, 0.1) is 49.9 Å². The minimum absolute atomic E-state index is 0.176. The average molecular weight is 526 g/mol. The number of piperidine rings is 1. The number of rotatable bonds is 8. The van der Waals surface area contributed by atoms with Crippen molar-refractivity contribution in [2.45, 2.75) is 25.5 Å². The zero-order valence-electron chi connectivity index (χ0n) is 22.3. The molecule has 39 heavy (non-hydrogen) atoms. The molecule has 0 spiro atoms. The summed E-state index contributed by atoms with van der Waals surface area (Å²) in [6.45, 7) is 2.62. The summed E-state index contributed by atoms with van der Waals surface area (Å²) in [6.07, 6.45) is 4.94. The lowest BCUT2D eigenvalue weighted by atomic mass is 10.0. The fourth-order valence-corrected chi connectivity index (χ4v) is 4.89. The summed E-state index contributed by atoms with van der Waals surface area (Å²) in [6, 6.07) is 15.9. The zero-order chi connectivity index (χ0) is 27.4. The third-order valence-corrected chi connectivity index (χ3v) is 7.01. The molecule has 5 rings (SSSR count). The molecule has 1 aliphatic heterocycles. The van der Waals surface area contributed by atoms with Gasteiger partial charge < -0.3 is 24.6 Å². The number of hydrogen-bond acceptors (Lipinski definition) is 9. The van der Waals surface area contributed by atoms with Crippen LogP contribution in [-0.2, 0) is 6.54 Å². The molecule has 2 aromatic heterocycles. The molecule has 0 radical (unpaired) electrons. The van der Waals surface area contributed by atoms with Gasteiger partial charge in [0.25, 0.3) is 0 Å². The highest BCUT2D eigenvalue weighted by Crippen LogP contribution is 2.41. The topological polar surface area (TPSA) is 113 Å². The van der Waals surface area contributed by atoms with Crippen LogP contribution in [0.1, 0.15) is 24.0 Å². The Morgan fingerprint density at radius 3 is 2.33 bits per heavy atom. The van der Waals surface area contributed by atoms with Crippen LogP contribution in [0, 0.1) is 11.3 Å². The maximum atomic E-state index is 9.80. The Balaban J connectivity index is 1.43. The second-order valence-electron chi connectivity index (χ2n) is 9.49. The maximum Gasteiger partial charge on any atom is 0.203 e. The first kappa shape index (κ1) is 26.2. The van der Waals surface area contributed by atoms with E-state index >= 15 is 0 Å². The highest BCUT2D eigenvalue weighted by molar-refractivity contribution is 5.97. The van der Waals surface area contributed by atoms with Crippen molar-refractivity contribution in [1.82, 2.24) is 14.9 Å². The van der Waals surface area contributed by atoms with Crippen LogP contribution >= 0.6 is 0 Å². The molecule has 0 amide bonds. The SMILES string of the molecule is COc1cc(Nc2c(C#N)cnc3cc(-c4ccc(CN5CCC(O)CC5)cn4)ccc23)cc(OC)c1OC. The lowest BCUT2D eigenvalue weighted by molar-refractivity contribution is 0.0792. The molecule has 2 aromatic carbocycles. The summed E-state index contributed by atoms with van der Waals surface area (Å²) in [7, 11) is 4.67. The number of methoxy groups -OCH3 is 3. The molecule has 0 atom stereocenters. The van der Waals surface area contributed by atoms with Gasteiger partial charge in [0.2, 0.25) is 5.75 Å². The van der Waals surface area contributed by atoms with Gasteiger partial charge in [-0.3, -0.25) is 14.9 Å². The zero-order valence-corrected chi connectivity index (χ0v) is 22.3. The minimum atomic E-state index is -0.176. The van der Waals surface area contributed by atoms with E-state index in [1.54, 1.807) is 39.7 Å². The van der Waals surface area contributed by atoms with Gasteiger partial charge in [0, 0.05) is 60.8 Å². The Labute approximate surface area is 227 Å². The van der Waals surface area contributed by atoms with E-state index < -0.39 is 0 Å². The highest BCUT2D eigenvalue weighted by Gasteiger charge is 2.18. The minimum Gasteiger partial charge on any atom is -0.493 e. The van der Waals surface area contributed by atoms with E-state index in [1.807, 2.05) is 30.5 Å². The van der Waals surface area contributed by atoms with Crippen LogP contribution < -0.4 is 19.5 Å². The largest absolute Gasteiger partial charge is 0.493 e. The number of aromatic nitrogens is 2. The van der Waals surface area contributed by atoms with Crippen LogP contribution in [0.5, 0.6) is 17.2 Å². The van der Waals surface area contributed by atoms with Crippen molar-refractivity contribution in [2.24, 2.45) is 0 Å². The number of pyridine rings is 2. The van der Waals surface area contributed by atoms with Gasteiger partial charge in [-0.05, 0) is 36.6 Å². The smallest absolute Gasteiger partial charge is 0.203 e. The molecular weight excluding hydrogens is 494 g/mol. The molecule has 9 heteroatoms. The molecule has 200 valence electrons.